The molecule has 82 valence electrons. The van der Waals surface area contributed by atoms with Crippen molar-refractivity contribution >= 4 is 0 Å². The summed E-state index contributed by atoms with van der Waals surface area (Å²) in [4.78, 5) is 0. The minimum Gasteiger partial charge on any atom is -0.0625 e. The van der Waals surface area contributed by atoms with Crippen LogP contribution in [-0.2, 0) is 0 Å². The highest BCUT2D eigenvalue weighted by Crippen LogP contribution is 2.33. The molecule has 0 radical (unpaired) electrons. The lowest BCUT2D eigenvalue weighted by Gasteiger charge is -2.14. The minimum atomic E-state index is 0.829. The van der Waals surface area contributed by atoms with Gasteiger partial charge in [0.1, 0.15) is 0 Å². The summed E-state index contributed by atoms with van der Waals surface area (Å²) < 4.78 is 0. The van der Waals surface area contributed by atoms with E-state index in [0.717, 1.165) is 11.8 Å². The molecule has 2 atom stereocenters. The summed E-state index contributed by atoms with van der Waals surface area (Å²) in [5.74, 6) is 1.77. The molecule has 1 saturated carbocycles. The van der Waals surface area contributed by atoms with Crippen molar-refractivity contribution < 1.29 is 0 Å². The Labute approximate surface area is 93.7 Å². The van der Waals surface area contributed by atoms with E-state index < -0.39 is 0 Å². The van der Waals surface area contributed by atoms with Gasteiger partial charge in [0, 0.05) is 0 Å². The van der Waals surface area contributed by atoms with Crippen molar-refractivity contribution in [3.8, 4) is 0 Å². The van der Waals surface area contributed by atoms with Crippen LogP contribution in [0, 0.1) is 12.8 Å². The van der Waals surface area contributed by atoms with Crippen LogP contribution in [0.4, 0.5) is 0 Å². The summed E-state index contributed by atoms with van der Waals surface area (Å²) in [5, 5.41) is 0. The number of hydrogen-bond acceptors (Lipinski definition) is 0. The predicted octanol–water partition coefficient (Wildman–Crippen LogP) is 4.68. The molecule has 0 nitrogen and oxygen atoms in total. The third-order valence-corrected chi connectivity index (χ3v) is 3.81. The standard InChI is InChI=1S/C15H22/c1-12-4-3-5-14(9-6-12)15-10-7-13(2)8-11-15/h7-8,10-12,14H,3-6,9H2,1-2H3. The van der Waals surface area contributed by atoms with Gasteiger partial charge in [-0.15, -0.1) is 0 Å². The maximum absolute atomic E-state index is 2.40. The van der Waals surface area contributed by atoms with Crippen molar-refractivity contribution in [1.29, 1.82) is 0 Å². The van der Waals surface area contributed by atoms with Crippen molar-refractivity contribution in [2.24, 2.45) is 5.92 Å². The van der Waals surface area contributed by atoms with E-state index in [4.69, 9.17) is 0 Å². The Bertz CT molecular complexity index is 296. The molecule has 0 N–H and O–H groups in total. The van der Waals surface area contributed by atoms with Crippen LogP contribution in [0.25, 0.3) is 0 Å². The molecule has 15 heavy (non-hydrogen) atoms. The topological polar surface area (TPSA) is 0 Å². The first-order valence-corrected chi connectivity index (χ1v) is 6.32. The zero-order valence-corrected chi connectivity index (χ0v) is 10.00. The molecular weight excluding hydrogens is 180 g/mol. The lowest BCUT2D eigenvalue weighted by atomic mass is 9.91. The number of rotatable bonds is 1. The lowest BCUT2D eigenvalue weighted by Crippen LogP contribution is -1.97. The quantitative estimate of drug-likeness (QED) is 0.580. The fourth-order valence-electron chi connectivity index (χ4n) is 2.66. The Balaban J connectivity index is 2.06. The molecule has 1 aliphatic rings. The van der Waals surface area contributed by atoms with E-state index in [1.54, 1.807) is 5.56 Å². The Kier molecular flexibility index (Phi) is 3.45. The summed E-state index contributed by atoms with van der Waals surface area (Å²) in [6, 6.07) is 9.17. The van der Waals surface area contributed by atoms with Gasteiger partial charge in [0.05, 0.1) is 0 Å². The predicted molar refractivity (Wildman–Crippen MR) is 66.2 cm³/mol. The molecule has 1 fully saturated rings. The molecule has 0 spiro atoms. The Morgan fingerprint density at radius 2 is 1.67 bits per heavy atom. The van der Waals surface area contributed by atoms with Crippen LogP contribution in [0.1, 0.15) is 56.1 Å². The van der Waals surface area contributed by atoms with Crippen molar-refractivity contribution in [1.82, 2.24) is 0 Å². The third kappa shape index (κ3) is 2.84. The van der Waals surface area contributed by atoms with Crippen LogP contribution < -0.4 is 0 Å². The van der Waals surface area contributed by atoms with E-state index >= 15 is 0 Å². The lowest BCUT2D eigenvalue weighted by molar-refractivity contribution is 0.499. The highest BCUT2D eigenvalue weighted by molar-refractivity contribution is 5.24. The largest absolute Gasteiger partial charge is 0.0625 e. The van der Waals surface area contributed by atoms with E-state index in [1.807, 2.05) is 0 Å². The smallest absolute Gasteiger partial charge is 0.0162 e. The fraction of sp³-hybridized carbons (Fsp3) is 0.600. The molecule has 2 unspecified atom stereocenters. The SMILES string of the molecule is Cc1ccc(C2CCCC(C)CC2)cc1. The molecule has 0 amide bonds. The van der Waals surface area contributed by atoms with Gasteiger partial charge in [0.15, 0.2) is 0 Å². The minimum absolute atomic E-state index is 0.829. The van der Waals surface area contributed by atoms with Crippen LogP contribution in [-0.4, -0.2) is 0 Å². The number of hydrogen-bond donors (Lipinski definition) is 0. The van der Waals surface area contributed by atoms with Crippen molar-refractivity contribution in [2.45, 2.75) is 51.9 Å². The van der Waals surface area contributed by atoms with Gasteiger partial charge >= 0.3 is 0 Å². The van der Waals surface area contributed by atoms with Gasteiger partial charge in [-0.05, 0) is 37.2 Å². The molecule has 0 aliphatic heterocycles. The zero-order valence-electron chi connectivity index (χ0n) is 10.00. The van der Waals surface area contributed by atoms with Gasteiger partial charge in [-0.1, -0.05) is 56.0 Å². The average Bonchev–Trinajstić information content (AvgIpc) is 2.44. The molecule has 1 aliphatic carbocycles. The molecule has 1 aromatic carbocycles. The van der Waals surface area contributed by atoms with Crippen LogP contribution in [0.5, 0.6) is 0 Å². The summed E-state index contributed by atoms with van der Waals surface area (Å²) in [7, 11) is 0. The van der Waals surface area contributed by atoms with Crippen LogP contribution in [0.15, 0.2) is 24.3 Å². The van der Waals surface area contributed by atoms with Crippen molar-refractivity contribution in [3.63, 3.8) is 0 Å². The molecule has 0 aromatic heterocycles. The summed E-state index contributed by atoms with van der Waals surface area (Å²) >= 11 is 0. The first-order valence-electron chi connectivity index (χ1n) is 6.32. The molecule has 2 rings (SSSR count). The Morgan fingerprint density at radius 1 is 0.933 bits per heavy atom. The third-order valence-electron chi connectivity index (χ3n) is 3.81. The zero-order chi connectivity index (χ0) is 10.7. The maximum Gasteiger partial charge on any atom is -0.0162 e. The fourth-order valence-corrected chi connectivity index (χ4v) is 2.66. The average molecular weight is 202 g/mol. The first kappa shape index (κ1) is 10.7. The summed E-state index contributed by atoms with van der Waals surface area (Å²) in [6.45, 7) is 4.57. The highest BCUT2D eigenvalue weighted by Gasteiger charge is 2.17. The van der Waals surface area contributed by atoms with Gasteiger partial charge in [-0.3, -0.25) is 0 Å². The highest BCUT2D eigenvalue weighted by atomic mass is 14.2. The van der Waals surface area contributed by atoms with E-state index in [0.29, 0.717) is 0 Å². The van der Waals surface area contributed by atoms with Crippen LogP contribution in [0.2, 0.25) is 0 Å². The van der Waals surface area contributed by atoms with Gasteiger partial charge in [0.2, 0.25) is 0 Å². The van der Waals surface area contributed by atoms with Crippen molar-refractivity contribution in [2.75, 3.05) is 0 Å². The van der Waals surface area contributed by atoms with Gasteiger partial charge in [0.25, 0.3) is 0 Å². The second kappa shape index (κ2) is 4.83. The summed E-state index contributed by atoms with van der Waals surface area (Å²) in [5.41, 5.74) is 2.94. The molecular formula is C15H22. The molecule has 0 heteroatoms. The van der Waals surface area contributed by atoms with E-state index in [2.05, 4.69) is 38.1 Å². The maximum atomic E-state index is 2.40. The monoisotopic (exact) mass is 202 g/mol. The number of benzene rings is 1. The van der Waals surface area contributed by atoms with E-state index in [9.17, 15) is 0 Å². The molecule has 0 bridgehead atoms. The second-order valence-corrected chi connectivity index (χ2v) is 5.22. The van der Waals surface area contributed by atoms with E-state index in [1.165, 1.54) is 37.7 Å². The Hall–Kier alpha value is -0.780. The second-order valence-electron chi connectivity index (χ2n) is 5.22. The Morgan fingerprint density at radius 3 is 2.40 bits per heavy atom. The summed E-state index contributed by atoms with van der Waals surface area (Å²) in [6.07, 6.45) is 7.05. The number of aryl methyl sites for hydroxylation is 1. The van der Waals surface area contributed by atoms with Crippen LogP contribution in [0.3, 0.4) is 0 Å². The van der Waals surface area contributed by atoms with Gasteiger partial charge in [-0.2, -0.15) is 0 Å². The van der Waals surface area contributed by atoms with Crippen LogP contribution >= 0.6 is 0 Å². The van der Waals surface area contributed by atoms with Crippen molar-refractivity contribution in [3.05, 3.63) is 35.4 Å². The molecule has 0 heterocycles. The van der Waals surface area contributed by atoms with E-state index in [-0.39, 0.29) is 0 Å². The van der Waals surface area contributed by atoms with Gasteiger partial charge in [-0.25, -0.2) is 0 Å². The molecule has 0 saturated heterocycles. The van der Waals surface area contributed by atoms with Gasteiger partial charge < -0.3 is 0 Å². The molecule has 1 aromatic rings. The first-order chi connectivity index (χ1) is 7.25. The normalized spacial score (nSPS) is 27.3.